The summed E-state index contributed by atoms with van der Waals surface area (Å²) in [7, 11) is 0. The summed E-state index contributed by atoms with van der Waals surface area (Å²) >= 11 is 0. The molecule has 0 spiro atoms. The molecule has 0 bridgehead atoms. The molecule has 0 aliphatic rings. The third kappa shape index (κ3) is 2.52. The average molecular weight is 279 g/mol. The zero-order valence-corrected chi connectivity index (χ0v) is 12.3. The molecule has 106 valence electrons. The number of carbonyl (C=O) groups excluding carboxylic acids is 1. The van der Waals surface area contributed by atoms with Gasteiger partial charge in [-0.3, -0.25) is 4.79 Å². The molecule has 1 amide bonds. The molecule has 0 atom stereocenters. The van der Waals surface area contributed by atoms with Crippen molar-refractivity contribution >= 4 is 17.2 Å². The summed E-state index contributed by atoms with van der Waals surface area (Å²) in [5.41, 5.74) is 5.67. The van der Waals surface area contributed by atoms with Crippen LogP contribution < -0.4 is 5.32 Å². The number of fused-ring (bicyclic) bond motifs is 1. The van der Waals surface area contributed by atoms with Gasteiger partial charge in [-0.1, -0.05) is 17.7 Å². The number of anilines is 1. The van der Waals surface area contributed by atoms with Crippen LogP contribution in [0, 0.1) is 20.8 Å². The van der Waals surface area contributed by atoms with E-state index in [9.17, 15) is 4.79 Å². The predicted octanol–water partition coefficient (Wildman–Crippen LogP) is 3.51. The van der Waals surface area contributed by atoms with Gasteiger partial charge in [0.25, 0.3) is 5.91 Å². The quantitative estimate of drug-likeness (QED) is 0.780. The smallest absolute Gasteiger partial charge is 0.257 e. The number of aryl methyl sites for hydroxylation is 3. The number of pyridine rings is 1. The minimum Gasteiger partial charge on any atom is -0.321 e. The van der Waals surface area contributed by atoms with E-state index in [1.54, 1.807) is 18.5 Å². The van der Waals surface area contributed by atoms with Gasteiger partial charge in [0.15, 0.2) is 0 Å². The molecule has 21 heavy (non-hydrogen) atoms. The predicted molar refractivity (Wildman–Crippen MR) is 83.8 cm³/mol. The van der Waals surface area contributed by atoms with E-state index in [-0.39, 0.29) is 5.91 Å². The number of rotatable bonds is 2. The molecule has 0 unspecified atom stereocenters. The maximum absolute atomic E-state index is 12.4. The Morgan fingerprint density at radius 3 is 2.57 bits per heavy atom. The standard InChI is InChI=1S/C17H17N3O/c1-11-8-12(2)16(13(3)9-11)19-17(21)14-4-5-15-18-6-7-20(15)10-14/h4-10H,1-3H3,(H,19,21). The first-order chi connectivity index (χ1) is 10.0. The van der Waals surface area contributed by atoms with E-state index in [1.165, 1.54) is 5.56 Å². The Hall–Kier alpha value is -2.62. The fourth-order valence-electron chi connectivity index (χ4n) is 2.62. The van der Waals surface area contributed by atoms with Crippen molar-refractivity contribution in [2.45, 2.75) is 20.8 Å². The summed E-state index contributed by atoms with van der Waals surface area (Å²) in [6, 6.07) is 7.77. The second-order valence-corrected chi connectivity index (χ2v) is 5.34. The first-order valence-electron chi connectivity index (χ1n) is 6.86. The Labute approximate surface area is 123 Å². The van der Waals surface area contributed by atoms with Gasteiger partial charge < -0.3 is 9.72 Å². The monoisotopic (exact) mass is 279 g/mol. The maximum Gasteiger partial charge on any atom is 0.257 e. The molecule has 0 fully saturated rings. The van der Waals surface area contributed by atoms with E-state index >= 15 is 0 Å². The Morgan fingerprint density at radius 1 is 1.14 bits per heavy atom. The summed E-state index contributed by atoms with van der Waals surface area (Å²) in [5, 5.41) is 3.01. The van der Waals surface area contributed by atoms with Crippen molar-refractivity contribution in [1.29, 1.82) is 0 Å². The number of carbonyl (C=O) groups is 1. The Kier molecular flexibility index (Phi) is 3.22. The normalized spacial score (nSPS) is 10.8. The van der Waals surface area contributed by atoms with E-state index in [0.717, 1.165) is 22.5 Å². The Morgan fingerprint density at radius 2 is 1.86 bits per heavy atom. The minimum absolute atomic E-state index is 0.111. The van der Waals surface area contributed by atoms with Gasteiger partial charge in [0.1, 0.15) is 5.65 Å². The third-order valence-corrected chi connectivity index (χ3v) is 3.57. The van der Waals surface area contributed by atoms with Crippen molar-refractivity contribution in [3.8, 4) is 0 Å². The highest BCUT2D eigenvalue weighted by molar-refractivity contribution is 6.05. The first-order valence-corrected chi connectivity index (χ1v) is 6.86. The molecule has 4 nitrogen and oxygen atoms in total. The second-order valence-electron chi connectivity index (χ2n) is 5.34. The molecule has 1 aromatic carbocycles. The topological polar surface area (TPSA) is 46.4 Å². The molecule has 0 radical (unpaired) electrons. The van der Waals surface area contributed by atoms with Gasteiger partial charge in [-0.2, -0.15) is 0 Å². The van der Waals surface area contributed by atoms with Crippen LogP contribution in [-0.4, -0.2) is 15.3 Å². The average Bonchev–Trinajstić information content (AvgIpc) is 2.89. The SMILES string of the molecule is Cc1cc(C)c(NC(=O)c2ccc3nccn3c2)c(C)c1. The molecule has 0 aliphatic carbocycles. The number of hydrogen-bond acceptors (Lipinski definition) is 2. The van der Waals surface area contributed by atoms with Gasteiger partial charge in [-0.15, -0.1) is 0 Å². The molecule has 0 saturated heterocycles. The second kappa shape index (κ2) is 5.05. The Bertz CT molecular complexity index is 810. The zero-order chi connectivity index (χ0) is 15.0. The van der Waals surface area contributed by atoms with Crippen molar-refractivity contribution in [2.75, 3.05) is 5.32 Å². The van der Waals surface area contributed by atoms with Crippen LogP contribution in [0.3, 0.4) is 0 Å². The highest BCUT2D eigenvalue weighted by atomic mass is 16.1. The van der Waals surface area contributed by atoms with Gasteiger partial charge in [0.2, 0.25) is 0 Å². The van der Waals surface area contributed by atoms with Crippen LogP contribution in [0.1, 0.15) is 27.0 Å². The third-order valence-electron chi connectivity index (χ3n) is 3.57. The van der Waals surface area contributed by atoms with Crippen LogP contribution in [0.2, 0.25) is 0 Å². The fraction of sp³-hybridized carbons (Fsp3) is 0.176. The summed E-state index contributed by atoms with van der Waals surface area (Å²) in [5.74, 6) is -0.111. The van der Waals surface area contributed by atoms with Crippen molar-refractivity contribution in [3.63, 3.8) is 0 Å². The molecule has 2 aromatic heterocycles. The van der Waals surface area contributed by atoms with Gasteiger partial charge in [-0.25, -0.2) is 4.98 Å². The van der Waals surface area contributed by atoms with Crippen LogP contribution >= 0.6 is 0 Å². The number of hydrogen-bond donors (Lipinski definition) is 1. The minimum atomic E-state index is -0.111. The highest BCUT2D eigenvalue weighted by Gasteiger charge is 2.11. The number of amides is 1. The number of nitrogens with zero attached hydrogens (tertiary/aromatic N) is 2. The lowest BCUT2D eigenvalue weighted by Gasteiger charge is -2.13. The molecule has 3 rings (SSSR count). The molecule has 0 saturated carbocycles. The van der Waals surface area contributed by atoms with Gasteiger partial charge in [-0.05, 0) is 44.0 Å². The van der Waals surface area contributed by atoms with Crippen molar-refractivity contribution in [1.82, 2.24) is 9.38 Å². The van der Waals surface area contributed by atoms with Crippen molar-refractivity contribution in [3.05, 3.63) is 65.1 Å². The van der Waals surface area contributed by atoms with E-state index < -0.39 is 0 Å². The summed E-state index contributed by atoms with van der Waals surface area (Å²) in [6.45, 7) is 6.07. The maximum atomic E-state index is 12.4. The van der Waals surface area contributed by atoms with Crippen LogP contribution in [0.25, 0.3) is 5.65 Å². The van der Waals surface area contributed by atoms with Gasteiger partial charge in [0, 0.05) is 24.3 Å². The molecular formula is C17H17N3O. The lowest BCUT2D eigenvalue weighted by Crippen LogP contribution is -2.14. The molecular weight excluding hydrogens is 262 g/mol. The van der Waals surface area contributed by atoms with Gasteiger partial charge >= 0.3 is 0 Å². The van der Waals surface area contributed by atoms with Crippen molar-refractivity contribution < 1.29 is 4.79 Å². The first kappa shape index (κ1) is 13.4. The number of imidazole rings is 1. The fourth-order valence-corrected chi connectivity index (χ4v) is 2.62. The van der Waals surface area contributed by atoms with Crippen molar-refractivity contribution in [2.24, 2.45) is 0 Å². The zero-order valence-electron chi connectivity index (χ0n) is 12.3. The van der Waals surface area contributed by atoms with E-state index in [2.05, 4.69) is 29.4 Å². The number of benzene rings is 1. The lowest BCUT2D eigenvalue weighted by molar-refractivity contribution is 0.102. The lowest BCUT2D eigenvalue weighted by atomic mass is 10.0. The highest BCUT2D eigenvalue weighted by Crippen LogP contribution is 2.22. The van der Waals surface area contributed by atoms with Crippen LogP contribution in [-0.2, 0) is 0 Å². The molecule has 4 heteroatoms. The summed E-state index contributed by atoms with van der Waals surface area (Å²) in [6.07, 6.45) is 5.33. The van der Waals surface area contributed by atoms with E-state index in [4.69, 9.17) is 0 Å². The number of aromatic nitrogens is 2. The molecule has 3 aromatic rings. The van der Waals surface area contributed by atoms with E-state index in [1.807, 2.05) is 30.5 Å². The van der Waals surface area contributed by atoms with Crippen LogP contribution in [0.4, 0.5) is 5.69 Å². The molecule has 2 heterocycles. The molecule has 1 N–H and O–H groups in total. The van der Waals surface area contributed by atoms with Crippen LogP contribution in [0.15, 0.2) is 42.9 Å². The Balaban J connectivity index is 1.92. The summed E-state index contributed by atoms with van der Waals surface area (Å²) in [4.78, 5) is 16.6. The van der Waals surface area contributed by atoms with Crippen LogP contribution in [0.5, 0.6) is 0 Å². The molecule has 0 aliphatic heterocycles. The van der Waals surface area contributed by atoms with E-state index in [0.29, 0.717) is 5.56 Å². The number of nitrogens with one attached hydrogen (secondary N) is 1. The van der Waals surface area contributed by atoms with Gasteiger partial charge in [0.05, 0.1) is 5.56 Å². The largest absolute Gasteiger partial charge is 0.321 e. The summed E-state index contributed by atoms with van der Waals surface area (Å²) < 4.78 is 1.84.